The smallest absolute Gasteiger partial charge is 0.355 e. The Bertz CT molecular complexity index is 226. The molecule has 0 unspecified atom stereocenters. The fourth-order valence-electron chi connectivity index (χ4n) is 1.12. The Morgan fingerprint density at radius 1 is 1.64 bits per heavy atom. The van der Waals surface area contributed by atoms with Gasteiger partial charge >= 0.3 is 7.55 Å². The van der Waals surface area contributed by atoms with Crippen LogP contribution in [0, 0.1) is 0 Å². The van der Waals surface area contributed by atoms with E-state index >= 15 is 0 Å². The lowest BCUT2D eigenvalue weighted by Gasteiger charge is -2.09. The van der Waals surface area contributed by atoms with Crippen molar-refractivity contribution in [1.82, 2.24) is 9.79 Å². The second kappa shape index (κ2) is 2.58. The lowest BCUT2D eigenvalue weighted by molar-refractivity contribution is 0.559. The van der Waals surface area contributed by atoms with Gasteiger partial charge in [-0.25, -0.2) is 4.98 Å². The van der Waals surface area contributed by atoms with Gasteiger partial charge in [0.05, 0.1) is 6.20 Å². The Kier molecular flexibility index (Phi) is 1.58. The van der Waals surface area contributed by atoms with Gasteiger partial charge in [-0.15, -0.1) is 0 Å². The fourth-order valence-corrected chi connectivity index (χ4v) is 1.12. The molecule has 1 aliphatic heterocycles. The SMILES string of the molecule is CN1[B]N(c2ncco2)CC1. The average Bonchev–Trinajstić information content (AvgIpc) is 2.55. The fraction of sp³-hybridized carbons (Fsp3) is 0.500. The molecule has 0 spiro atoms. The monoisotopic (exact) mass is 150 g/mol. The number of hydrogen-bond donors (Lipinski definition) is 0. The molecular weight excluding hydrogens is 141 g/mol. The van der Waals surface area contributed by atoms with Crippen molar-refractivity contribution >= 4 is 13.6 Å². The number of hydrogen-bond acceptors (Lipinski definition) is 4. The maximum absolute atomic E-state index is 5.12. The van der Waals surface area contributed by atoms with Gasteiger partial charge in [-0.1, -0.05) is 0 Å². The Hall–Kier alpha value is -0.965. The van der Waals surface area contributed by atoms with E-state index in [1.807, 2.05) is 19.4 Å². The van der Waals surface area contributed by atoms with E-state index in [9.17, 15) is 0 Å². The standard InChI is InChI=1S/C6H9BN3O/c1-9-3-4-10(7-9)6-8-2-5-11-6/h2,5H,3-4H2,1H3. The van der Waals surface area contributed by atoms with Gasteiger partial charge in [0.25, 0.3) is 6.01 Å². The minimum atomic E-state index is 0.675. The van der Waals surface area contributed by atoms with E-state index < -0.39 is 0 Å². The van der Waals surface area contributed by atoms with Crippen LogP contribution < -0.4 is 4.81 Å². The van der Waals surface area contributed by atoms with Gasteiger partial charge in [-0.05, 0) is 7.05 Å². The highest BCUT2D eigenvalue weighted by Gasteiger charge is 2.21. The first-order chi connectivity index (χ1) is 5.36. The highest BCUT2D eigenvalue weighted by atomic mass is 16.4. The zero-order valence-electron chi connectivity index (χ0n) is 6.40. The molecule has 4 nitrogen and oxygen atoms in total. The molecule has 1 saturated heterocycles. The quantitative estimate of drug-likeness (QED) is 0.526. The molecule has 0 atom stereocenters. The lowest BCUT2D eigenvalue weighted by atomic mass is 10.1. The van der Waals surface area contributed by atoms with Gasteiger partial charge in [0.2, 0.25) is 0 Å². The zero-order chi connectivity index (χ0) is 7.68. The molecule has 5 heteroatoms. The molecule has 57 valence electrons. The average molecular weight is 150 g/mol. The first kappa shape index (κ1) is 6.73. The van der Waals surface area contributed by atoms with Gasteiger partial charge in [-0.2, -0.15) is 0 Å². The molecule has 1 aliphatic rings. The second-order valence-electron chi connectivity index (χ2n) is 2.60. The van der Waals surface area contributed by atoms with Crippen LogP contribution in [-0.4, -0.2) is 37.5 Å². The van der Waals surface area contributed by atoms with Crippen molar-refractivity contribution in [3.05, 3.63) is 12.5 Å². The Labute approximate surface area is 66.1 Å². The number of rotatable bonds is 1. The van der Waals surface area contributed by atoms with Crippen LogP contribution in [0.4, 0.5) is 6.01 Å². The van der Waals surface area contributed by atoms with Crippen molar-refractivity contribution < 1.29 is 4.42 Å². The van der Waals surface area contributed by atoms with Crippen molar-refractivity contribution in [2.45, 2.75) is 0 Å². The van der Waals surface area contributed by atoms with Crippen LogP contribution in [0.1, 0.15) is 0 Å². The van der Waals surface area contributed by atoms with E-state index in [-0.39, 0.29) is 0 Å². The number of aromatic nitrogens is 1. The van der Waals surface area contributed by atoms with Crippen LogP contribution in [0.5, 0.6) is 0 Å². The summed E-state index contributed by atoms with van der Waals surface area (Å²) >= 11 is 0. The van der Waals surface area contributed by atoms with Gasteiger partial charge in [0.1, 0.15) is 6.26 Å². The molecule has 1 aromatic heterocycles. The summed E-state index contributed by atoms with van der Waals surface area (Å²) < 4.78 is 5.12. The van der Waals surface area contributed by atoms with E-state index in [2.05, 4.69) is 9.79 Å². The summed E-state index contributed by atoms with van der Waals surface area (Å²) in [4.78, 5) is 8.12. The summed E-state index contributed by atoms with van der Waals surface area (Å²) in [5, 5.41) is 0. The minimum absolute atomic E-state index is 0.675. The predicted molar refractivity (Wildman–Crippen MR) is 42.2 cm³/mol. The molecule has 0 aliphatic carbocycles. The van der Waals surface area contributed by atoms with E-state index in [4.69, 9.17) is 4.42 Å². The maximum Gasteiger partial charge on any atom is 0.355 e. The van der Waals surface area contributed by atoms with Crippen LogP contribution >= 0.6 is 0 Å². The summed E-state index contributed by atoms with van der Waals surface area (Å²) in [5.41, 5.74) is 0. The molecule has 1 aromatic rings. The molecule has 0 saturated carbocycles. The molecule has 0 amide bonds. The summed E-state index contributed by atoms with van der Waals surface area (Å²) in [6, 6.07) is 0.675. The topological polar surface area (TPSA) is 32.5 Å². The van der Waals surface area contributed by atoms with Crippen molar-refractivity contribution in [1.29, 1.82) is 0 Å². The van der Waals surface area contributed by atoms with Crippen LogP contribution in [0.3, 0.4) is 0 Å². The molecule has 2 rings (SSSR count). The highest BCUT2D eigenvalue weighted by Crippen LogP contribution is 2.12. The highest BCUT2D eigenvalue weighted by molar-refractivity contribution is 6.38. The molecule has 2 heterocycles. The number of anilines is 1. The third kappa shape index (κ3) is 1.23. The maximum atomic E-state index is 5.12. The Morgan fingerprint density at radius 2 is 2.55 bits per heavy atom. The van der Waals surface area contributed by atoms with Gasteiger partial charge < -0.3 is 14.0 Å². The molecule has 1 fully saturated rings. The summed E-state index contributed by atoms with van der Waals surface area (Å²) in [7, 11) is 4.02. The van der Waals surface area contributed by atoms with Crippen molar-refractivity contribution in [2.75, 3.05) is 24.9 Å². The molecule has 11 heavy (non-hydrogen) atoms. The van der Waals surface area contributed by atoms with Crippen molar-refractivity contribution in [3.63, 3.8) is 0 Å². The van der Waals surface area contributed by atoms with Crippen LogP contribution in [0.15, 0.2) is 16.9 Å². The minimum Gasteiger partial charge on any atom is -0.433 e. The normalized spacial score (nSPS) is 18.8. The Balaban J connectivity index is 2.08. The third-order valence-corrected chi connectivity index (χ3v) is 1.70. The molecular formula is C6H9BN3O. The van der Waals surface area contributed by atoms with Gasteiger partial charge in [-0.3, -0.25) is 0 Å². The predicted octanol–water partition coefficient (Wildman–Crippen LogP) is -0.0394. The van der Waals surface area contributed by atoms with E-state index in [0.717, 1.165) is 13.1 Å². The van der Waals surface area contributed by atoms with Gasteiger partial charge in [0.15, 0.2) is 0 Å². The molecule has 0 aromatic carbocycles. The zero-order valence-corrected chi connectivity index (χ0v) is 6.40. The summed E-state index contributed by atoms with van der Waals surface area (Å²) in [6.45, 7) is 1.99. The van der Waals surface area contributed by atoms with Crippen LogP contribution in [0.2, 0.25) is 0 Å². The third-order valence-electron chi connectivity index (χ3n) is 1.70. The van der Waals surface area contributed by atoms with Gasteiger partial charge in [0, 0.05) is 13.1 Å². The molecule has 0 bridgehead atoms. The van der Waals surface area contributed by atoms with E-state index in [0.29, 0.717) is 6.01 Å². The second-order valence-corrected chi connectivity index (χ2v) is 2.60. The molecule has 1 radical (unpaired) electrons. The number of likely N-dealkylation sites (N-methyl/N-ethyl adjacent to an activating group) is 1. The largest absolute Gasteiger partial charge is 0.433 e. The number of oxazole rings is 1. The van der Waals surface area contributed by atoms with Crippen molar-refractivity contribution in [2.24, 2.45) is 0 Å². The van der Waals surface area contributed by atoms with Crippen LogP contribution in [0.25, 0.3) is 0 Å². The van der Waals surface area contributed by atoms with Crippen LogP contribution in [-0.2, 0) is 0 Å². The summed E-state index contributed by atoms with van der Waals surface area (Å²) in [6.07, 6.45) is 3.24. The first-order valence-corrected chi connectivity index (χ1v) is 3.57. The molecule has 0 N–H and O–H groups in total. The Morgan fingerprint density at radius 3 is 3.09 bits per heavy atom. The lowest BCUT2D eigenvalue weighted by Crippen LogP contribution is -2.27. The van der Waals surface area contributed by atoms with E-state index in [1.54, 1.807) is 12.5 Å². The first-order valence-electron chi connectivity index (χ1n) is 3.57. The summed E-state index contributed by atoms with van der Waals surface area (Å²) in [5.74, 6) is 0. The number of nitrogens with zero attached hydrogens (tertiary/aromatic N) is 3. The van der Waals surface area contributed by atoms with Crippen molar-refractivity contribution in [3.8, 4) is 0 Å². The van der Waals surface area contributed by atoms with E-state index in [1.165, 1.54) is 0 Å².